The smallest absolute Gasteiger partial charge is 0.221 e. The van der Waals surface area contributed by atoms with Gasteiger partial charge in [0, 0.05) is 31.8 Å². The van der Waals surface area contributed by atoms with Gasteiger partial charge in [0.25, 0.3) is 0 Å². The zero-order valence-electron chi connectivity index (χ0n) is 12.7. The van der Waals surface area contributed by atoms with E-state index in [4.69, 9.17) is 4.74 Å². The Morgan fingerprint density at radius 1 is 1.35 bits per heavy atom. The molecule has 1 atom stereocenters. The Labute approximate surface area is 121 Å². The zero-order chi connectivity index (χ0) is 14.8. The second-order valence-electron chi connectivity index (χ2n) is 4.95. The zero-order valence-corrected chi connectivity index (χ0v) is 12.7. The Bertz CT molecular complexity index is 407. The van der Waals surface area contributed by atoms with Crippen LogP contribution in [0.3, 0.4) is 0 Å². The molecule has 0 saturated heterocycles. The molecular weight excluding hydrogens is 252 g/mol. The fourth-order valence-corrected chi connectivity index (χ4v) is 1.90. The standard InChI is InChI=1S/C16H26N2O2/c1-4-5-10-20-11-9-17-13(2)15-7-6-8-16(12-15)18-14(3)19/h6-8,12-13,17H,4-5,9-11H2,1-3H3,(H,18,19). The number of hydrogen-bond acceptors (Lipinski definition) is 3. The van der Waals surface area contributed by atoms with E-state index in [0.29, 0.717) is 0 Å². The fraction of sp³-hybridized carbons (Fsp3) is 0.562. The number of benzene rings is 1. The minimum absolute atomic E-state index is 0.0490. The van der Waals surface area contributed by atoms with Crippen molar-refractivity contribution >= 4 is 11.6 Å². The molecule has 2 N–H and O–H groups in total. The average Bonchev–Trinajstić information content (AvgIpc) is 2.42. The largest absolute Gasteiger partial charge is 0.380 e. The minimum Gasteiger partial charge on any atom is -0.380 e. The first-order valence-corrected chi connectivity index (χ1v) is 7.32. The summed E-state index contributed by atoms with van der Waals surface area (Å²) in [6, 6.07) is 8.14. The van der Waals surface area contributed by atoms with Gasteiger partial charge in [-0.05, 0) is 31.0 Å². The predicted molar refractivity (Wildman–Crippen MR) is 82.9 cm³/mol. The van der Waals surface area contributed by atoms with Gasteiger partial charge in [0.05, 0.1) is 6.61 Å². The molecule has 4 nitrogen and oxygen atoms in total. The van der Waals surface area contributed by atoms with E-state index in [-0.39, 0.29) is 11.9 Å². The summed E-state index contributed by atoms with van der Waals surface area (Å²) in [7, 11) is 0. The number of anilines is 1. The predicted octanol–water partition coefficient (Wildman–Crippen LogP) is 3.11. The van der Waals surface area contributed by atoms with E-state index >= 15 is 0 Å². The topological polar surface area (TPSA) is 50.4 Å². The maximum Gasteiger partial charge on any atom is 0.221 e. The van der Waals surface area contributed by atoms with Crippen LogP contribution in [0.5, 0.6) is 0 Å². The van der Waals surface area contributed by atoms with Crippen LogP contribution in [-0.2, 0) is 9.53 Å². The van der Waals surface area contributed by atoms with Crippen molar-refractivity contribution in [2.24, 2.45) is 0 Å². The molecule has 112 valence electrons. The van der Waals surface area contributed by atoms with Crippen molar-refractivity contribution in [3.05, 3.63) is 29.8 Å². The lowest BCUT2D eigenvalue weighted by molar-refractivity contribution is -0.114. The van der Waals surface area contributed by atoms with Crippen LogP contribution in [0, 0.1) is 0 Å². The number of nitrogens with one attached hydrogen (secondary N) is 2. The highest BCUT2D eigenvalue weighted by Gasteiger charge is 2.05. The molecule has 0 aliphatic heterocycles. The lowest BCUT2D eigenvalue weighted by Gasteiger charge is -2.15. The van der Waals surface area contributed by atoms with Crippen LogP contribution < -0.4 is 10.6 Å². The Morgan fingerprint density at radius 2 is 2.15 bits per heavy atom. The number of unbranched alkanes of at least 4 members (excludes halogenated alkanes) is 1. The van der Waals surface area contributed by atoms with Crippen molar-refractivity contribution < 1.29 is 9.53 Å². The Hall–Kier alpha value is -1.39. The summed E-state index contributed by atoms with van der Waals surface area (Å²) in [5.74, 6) is -0.0490. The summed E-state index contributed by atoms with van der Waals surface area (Å²) in [6.45, 7) is 8.18. The van der Waals surface area contributed by atoms with Crippen molar-refractivity contribution in [1.82, 2.24) is 5.32 Å². The number of amides is 1. The maximum atomic E-state index is 11.0. The van der Waals surface area contributed by atoms with Crippen LogP contribution >= 0.6 is 0 Å². The third-order valence-corrected chi connectivity index (χ3v) is 3.05. The van der Waals surface area contributed by atoms with E-state index in [9.17, 15) is 4.79 Å². The van der Waals surface area contributed by atoms with E-state index in [1.165, 1.54) is 13.3 Å². The molecule has 0 aliphatic rings. The normalized spacial score (nSPS) is 12.2. The number of ether oxygens (including phenoxy) is 1. The van der Waals surface area contributed by atoms with Crippen molar-refractivity contribution in [2.75, 3.05) is 25.1 Å². The summed E-state index contributed by atoms with van der Waals surface area (Å²) in [5.41, 5.74) is 1.99. The number of rotatable bonds is 9. The molecule has 0 radical (unpaired) electrons. The van der Waals surface area contributed by atoms with E-state index in [0.717, 1.165) is 37.4 Å². The Kier molecular flexibility index (Phi) is 7.92. The molecule has 0 heterocycles. The van der Waals surface area contributed by atoms with Crippen molar-refractivity contribution in [1.29, 1.82) is 0 Å². The van der Waals surface area contributed by atoms with Crippen molar-refractivity contribution in [2.45, 2.75) is 39.7 Å². The van der Waals surface area contributed by atoms with Gasteiger partial charge < -0.3 is 15.4 Å². The van der Waals surface area contributed by atoms with E-state index in [2.05, 4.69) is 30.5 Å². The SMILES string of the molecule is CCCCOCCNC(C)c1cccc(NC(C)=O)c1. The monoisotopic (exact) mass is 278 g/mol. The number of carbonyl (C=O) groups is 1. The maximum absolute atomic E-state index is 11.0. The van der Waals surface area contributed by atoms with Gasteiger partial charge in [-0.1, -0.05) is 25.5 Å². The van der Waals surface area contributed by atoms with Gasteiger partial charge in [0.15, 0.2) is 0 Å². The molecule has 0 bridgehead atoms. The highest BCUT2D eigenvalue weighted by atomic mass is 16.5. The molecular formula is C16H26N2O2. The van der Waals surface area contributed by atoms with Gasteiger partial charge >= 0.3 is 0 Å². The molecule has 1 unspecified atom stereocenters. The van der Waals surface area contributed by atoms with Crippen LogP contribution in [0.25, 0.3) is 0 Å². The van der Waals surface area contributed by atoms with E-state index in [1.807, 2.05) is 18.2 Å². The average molecular weight is 278 g/mol. The molecule has 1 aromatic carbocycles. The summed E-state index contributed by atoms with van der Waals surface area (Å²) < 4.78 is 5.52. The summed E-state index contributed by atoms with van der Waals surface area (Å²) in [5, 5.41) is 6.22. The Morgan fingerprint density at radius 3 is 2.85 bits per heavy atom. The lowest BCUT2D eigenvalue weighted by Crippen LogP contribution is -2.23. The molecule has 0 fully saturated rings. The first kappa shape index (κ1) is 16.7. The summed E-state index contributed by atoms with van der Waals surface area (Å²) >= 11 is 0. The van der Waals surface area contributed by atoms with Gasteiger partial charge in [-0.15, -0.1) is 0 Å². The van der Waals surface area contributed by atoms with Gasteiger partial charge in [0.2, 0.25) is 5.91 Å². The molecule has 20 heavy (non-hydrogen) atoms. The molecule has 1 amide bonds. The molecule has 1 aromatic rings. The van der Waals surface area contributed by atoms with Crippen LogP contribution in [0.15, 0.2) is 24.3 Å². The van der Waals surface area contributed by atoms with E-state index < -0.39 is 0 Å². The quantitative estimate of drug-likeness (QED) is 0.682. The number of carbonyl (C=O) groups excluding carboxylic acids is 1. The van der Waals surface area contributed by atoms with Gasteiger partial charge in [-0.25, -0.2) is 0 Å². The highest BCUT2D eigenvalue weighted by Crippen LogP contribution is 2.17. The van der Waals surface area contributed by atoms with Gasteiger partial charge in [-0.3, -0.25) is 4.79 Å². The van der Waals surface area contributed by atoms with E-state index in [1.54, 1.807) is 0 Å². The highest BCUT2D eigenvalue weighted by molar-refractivity contribution is 5.88. The second kappa shape index (κ2) is 9.50. The summed E-state index contributed by atoms with van der Waals surface area (Å²) in [6.07, 6.45) is 2.29. The molecule has 1 rings (SSSR count). The van der Waals surface area contributed by atoms with Gasteiger partial charge in [0.1, 0.15) is 0 Å². The first-order valence-electron chi connectivity index (χ1n) is 7.32. The third kappa shape index (κ3) is 6.68. The van der Waals surface area contributed by atoms with Crippen molar-refractivity contribution in [3.8, 4) is 0 Å². The summed E-state index contributed by atoms with van der Waals surface area (Å²) in [4.78, 5) is 11.0. The van der Waals surface area contributed by atoms with Crippen LogP contribution in [0.2, 0.25) is 0 Å². The number of hydrogen-bond donors (Lipinski definition) is 2. The van der Waals surface area contributed by atoms with Crippen molar-refractivity contribution in [3.63, 3.8) is 0 Å². The molecule has 4 heteroatoms. The molecule has 0 aliphatic carbocycles. The Balaban J connectivity index is 2.35. The first-order chi connectivity index (χ1) is 9.63. The molecule has 0 aromatic heterocycles. The van der Waals surface area contributed by atoms with Gasteiger partial charge in [-0.2, -0.15) is 0 Å². The molecule has 0 spiro atoms. The third-order valence-electron chi connectivity index (χ3n) is 3.05. The van der Waals surface area contributed by atoms with Crippen LogP contribution in [0.1, 0.15) is 45.2 Å². The fourth-order valence-electron chi connectivity index (χ4n) is 1.90. The van der Waals surface area contributed by atoms with Crippen LogP contribution in [0.4, 0.5) is 5.69 Å². The van der Waals surface area contributed by atoms with Crippen LogP contribution in [-0.4, -0.2) is 25.7 Å². The lowest BCUT2D eigenvalue weighted by atomic mass is 10.1. The second-order valence-corrected chi connectivity index (χ2v) is 4.95. The molecule has 0 saturated carbocycles. The minimum atomic E-state index is -0.0490.